The monoisotopic (exact) mass is 285 g/mol. The van der Waals surface area contributed by atoms with Crippen LogP contribution < -0.4 is 0 Å². The van der Waals surface area contributed by atoms with Crippen LogP contribution in [0.25, 0.3) is 11.5 Å². The van der Waals surface area contributed by atoms with Gasteiger partial charge in [-0.25, -0.2) is 4.98 Å². The van der Waals surface area contributed by atoms with Crippen molar-refractivity contribution in [2.24, 2.45) is 0 Å². The first-order valence-electron chi connectivity index (χ1n) is 6.01. The molecule has 2 aromatic heterocycles. The van der Waals surface area contributed by atoms with Gasteiger partial charge in [0.15, 0.2) is 5.78 Å². The van der Waals surface area contributed by atoms with E-state index in [0.717, 1.165) is 11.1 Å². The number of benzene rings is 1. The number of hydrogen-bond donors (Lipinski definition) is 1. The molecule has 100 valence electrons. The highest BCUT2D eigenvalue weighted by Crippen LogP contribution is 2.22. The molecule has 20 heavy (non-hydrogen) atoms. The largest absolute Gasteiger partial charge is 0.508 e. The molecular weight excluding hydrogens is 274 g/mol. The molecule has 1 aromatic carbocycles. The molecule has 5 heteroatoms. The van der Waals surface area contributed by atoms with E-state index in [1.807, 2.05) is 16.8 Å². The first kappa shape index (κ1) is 12.6. The molecule has 1 N–H and O–H groups in total. The summed E-state index contributed by atoms with van der Waals surface area (Å²) in [6, 6.07) is 8.44. The molecule has 3 rings (SSSR count). The molecular formula is C15H11NO3S. The van der Waals surface area contributed by atoms with Crippen LogP contribution >= 0.6 is 11.3 Å². The number of thiophene rings is 1. The first-order chi connectivity index (χ1) is 9.72. The third kappa shape index (κ3) is 2.62. The normalized spacial score (nSPS) is 10.6. The lowest BCUT2D eigenvalue weighted by Gasteiger charge is -1.98. The predicted molar refractivity (Wildman–Crippen MR) is 76.0 cm³/mol. The van der Waals surface area contributed by atoms with Crippen molar-refractivity contribution in [2.75, 3.05) is 0 Å². The maximum atomic E-state index is 12.1. The van der Waals surface area contributed by atoms with Crippen molar-refractivity contribution >= 4 is 17.1 Å². The molecule has 4 nitrogen and oxygen atoms in total. The van der Waals surface area contributed by atoms with E-state index >= 15 is 0 Å². The molecule has 0 bridgehead atoms. The summed E-state index contributed by atoms with van der Waals surface area (Å²) < 4.78 is 5.32. The number of nitrogens with zero attached hydrogens (tertiary/aromatic N) is 1. The van der Waals surface area contributed by atoms with Gasteiger partial charge in [0.2, 0.25) is 5.89 Å². The van der Waals surface area contributed by atoms with E-state index in [0.29, 0.717) is 11.6 Å². The van der Waals surface area contributed by atoms with Crippen LogP contribution in [0.15, 0.2) is 51.8 Å². The van der Waals surface area contributed by atoms with Crippen LogP contribution in [0.4, 0.5) is 0 Å². The molecule has 3 aromatic rings. The van der Waals surface area contributed by atoms with Gasteiger partial charge < -0.3 is 9.52 Å². The SMILES string of the molecule is O=C(Cc1ccc(O)cc1)c1coc(-c2ccsc2)n1. The smallest absolute Gasteiger partial charge is 0.227 e. The fourth-order valence-electron chi connectivity index (χ4n) is 1.81. The van der Waals surface area contributed by atoms with E-state index in [9.17, 15) is 9.90 Å². The van der Waals surface area contributed by atoms with Crippen LogP contribution in [0.1, 0.15) is 16.1 Å². The van der Waals surface area contributed by atoms with Crippen LogP contribution in [-0.2, 0) is 6.42 Å². The minimum absolute atomic E-state index is 0.110. The number of aromatic hydroxyl groups is 1. The summed E-state index contributed by atoms with van der Waals surface area (Å²) in [6.45, 7) is 0. The van der Waals surface area contributed by atoms with E-state index in [-0.39, 0.29) is 18.0 Å². The predicted octanol–water partition coefficient (Wildman–Crippen LogP) is 3.53. The number of Topliss-reactive ketones (excluding diaryl/α,β-unsaturated/α-hetero) is 1. The van der Waals surface area contributed by atoms with Gasteiger partial charge in [0.05, 0.1) is 0 Å². The second-order valence-corrected chi connectivity index (χ2v) is 5.10. The third-order valence-corrected chi connectivity index (χ3v) is 3.54. The number of phenols is 1. The zero-order valence-electron chi connectivity index (χ0n) is 10.4. The summed E-state index contributed by atoms with van der Waals surface area (Å²) in [6.07, 6.45) is 1.62. The number of carbonyl (C=O) groups is 1. The van der Waals surface area contributed by atoms with Crippen LogP contribution in [0, 0.1) is 0 Å². The van der Waals surface area contributed by atoms with E-state index in [2.05, 4.69) is 4.98 Å². The fraction of sp³-hybridized carbons (Fsp3) is 0.0667. The minimum atomic E-state index is -0.110. The Morgan fingerprint density at radius 3 is 2.75 bits per heavy atom. The summed E-state index contributed by atoms with van der Waals surface area (Å²) in [7, 11) is 0. The number of aromatic nitrogens is 1. The fourth-order valence-corrected chi connectivity index (χ4v) is 2.44. The third-order valence-electron chi connectivity index (χ3n) is 2.86. The second kappa shape index (κ2) is 5.30. The minimum Gasteiger partial charge on any atom is -0.508 e. The maximum Gasteiger partial charge on any atom is 0.227 e. The van der Waals surface area contributed by atoms with Crippen molar-refractivity contribution in [1.82, 2.24) is 4.98 Å². The Morgan fingerprint density at radius 1 is 1.25 bits per heavy atom. The molecule has 0 aliphatic rings. The maximum absolute atomic E-state index is 12.1. The second-order valence-electron chi connectivity index (χ2n) is 4.32. The number of oxazole rings is 1. The van der Waals surface area contributed by atoms with Gasteiger partial charge in [-0.05, 0) is 29.1 Å². The summed E-state index contributed by atoms with van der Waals surface area (Å²) in [5, 5.41) is 13.1. The first-order valence-corrected chi connectivity index (χ1v) is 6.96. The number of hydrogen-bond acceptors (Lipinski definition) is 5. The van der Waals surface area contributed by atoms with Crippen molar-refractivity contribution in [2.45, 2.75) is 6.42 Å². The topological polar surface area (TPSA) is 63.3 Å². The van der Waals surface area contributed by atoms with E-state index in [4.69, 9.17) is 4.42 Å². The molecule has 0 aliphatic heterocycles. The molecule has 0 saturated heterocycles. The lowest BCUT2D eigenvalue weighted by molar-refractivity contribution is 0.0988. The molecule has 0 spiro atoms. The lowest BCUT2D eigenvalue weighted by Crippen LogP contribution is -2.03. The molecule has 0 amide bonds. The van der Waals surface area contributed by atoms with E-state index < -0.39 is 0 Å². The van der Waals surface area contributed by atoms with Crippen LogP contribution in [-0.4, -0.2) is 15.9 Å². The zero-order chi connectivity index (χ0) is 13.9. The molecule has 0 atom stereocenters. The average molecular weight is 285 g/mol. The van der Waals surface area contributed by atoms with Crippen molar-refractivity contribution in [3.8, 4) is 17.2 Å². The zero-order valence-corrected chi connectivity index (χ0v) is 11.3. The Morgan fingerprint density at radius 2 is 2.05 bits per heavy atom. The Balaban J connectivity index is 1.76. The summed E-state index contributed by atoms with van der Waals surface area (Å²) >= 11 is 1.55. The molecule has 0 radical (unpaired) electrons. The van der Waals surface area contributed by atoms with Crippen LogP contribution in [0.3, 0.4) is 0 Å². The highest BCUT2D eigenvalue weighted by Gasteiger charge is 2.14. The molecule has 0 saturated carbocycles. The number of rotatable bonds is 4. The number of phenolic OH excluding ortho intramolecular Hbond substituents is 1. The van der Waals surface area contributed by atoms with Gasteiger partial charge in [0, 0.05) is 17.4 Å². The summed E-state index contributed by atoms with van der Waals surface area (Å²) in [4.78, 5) is 16.3. The molecule has 0 aliphatic carbocycles. The standard InChI is InChI=1S/C15H11NO3S/c17-12-3-1-10(2-4-12)7-14(18)13-8-19-15(16-13)11-5-6-20-9-11/h1-6,8-9,17H,7H2. The highest BCUT2D eigenvalue weighted by molar-refractivity contribution is 7.08. The van der Waals surface area contributed by atoms with Crippen LogP contribution in [0.2, 0.25) is 0 Å². The summed E-state index contributed by atoms with van der Waals surface area (Å²) in [5.74, 6) is 0.531. The van der Waals surface area contributed by atoms with Crippen molar-refractivity contribution in [3.63, 3.8) is 0 Å². The highest BCUT2D eigenvalue weighted by atomic mass is 32.1. The Bertz CT molecular complexity index is 714. The molecule has 0 unspecified atom stereocenters. The van der Waals surface area contributed by atoms with Gasteiger partial charge in [-0.2, -0.15) is 11.3 Å². The van der Waals surface area contributed by atoms with Gasteiger partial charge in [-0.1, -0.05) is 12.1 Å². The average Bonchev–Trinajstić information content (AvgIpc) is 3.11. The van der Waals surface area contributed by atoms with Gasteiger partial charge >= 0.3 is 0 Å². The number of ketones is 1. The Kier molecular flexibility index (Phi) is 3.35. The lowest BCUT2D eigenvalue weighted by atomic mass is 10.1. The molecule has 0 fully saturated rings. The summed E-state index contributed by atoms with van der Waals surface area (Å²) in [5.41, 5.74) is 2.02. The van der Waals surface area contributed by atoms with Gasteiger partial charge in [-0.15, -0.1) is 0 Å². The molecule has 2 heterocycles. The van der Waals surface area contributed by atoms with Gasteiger partial charge in [-0.3, -0.25) is 4.79 Å². The van der Waals surface area contributed by atoms with Gasteiger partial charge in [0.1, 0.15) is 17.7 Å². The van der Waals surface area contributed by atoms with Crippen molar-refractivity contribution in [3.05, 3.63) is 58.6 Å². The Hall–Kier alpha value is -2.40. The number of carbonyl (C=O) groups excluding carboxylic acids is 1. The van der Waals surface area contributed by atoms with Gasteiger partial charge in [0.25, 0.3) is 0 Å². The van der Waals surface area contributed by atoms with E-state index in [1.165, 1.54) is 6.26 Å². The van der Waals surface area contributed by atoms with Crippen molar-refractivity contribution < 1.29 is 14.3 Å². The van der Waals surface area contributed by atoms with Crippen molar-refractivity contribution in [1.29, 1.82) is 0 Å². The Labute approximate surface area is 119 Å². The quantitative estimate of drug-likeness (QED) is 0.745. The van der Waals surface area contributed by atoms with Crippen LogP contribution in [0.5, 0.6) is 5.75 Å². The van der Waals surface area contributed by atoms with E-state index in [1.54, 1.807) is 35.6 Å².